The molecule has 0 bridgehead atoms. The van der Waals surface area contributed by atoms with Crippen LogP contribution in [0.1, 0.15) is 35.2 Å². The van der Waals surface area contributed by atoms with E-state index in [4.69, 9.17) is 14.6 Å². The Kier molecular flexibility index (Phi) is 6.50. The molecule has 2 aliphatic heterocycles. The molecule has 9 heteroatoms. The fraction of sp³-hybridized carbons (Fsp3) is 0.375. The lowest BCUT2D eigenvalue weighted by Crippen LogP contribution is -2.53. The van der Waals surface area contributed by atoms with Crippen LogP contribution >= 0.6 is 0 Å². The first kappa shape index (κ1) is 22.6. The Morgan fingerprint density at radius 3 is 2.61 bits per heavy atom. The monoisotopic (exact) mass is 453 g/mol. The number of carboxylic acids is 1. The molecule has 1 saturated heterocycles. The SMILES string of the molecule is Cc1cccc(NC(=O)Nc2ccc3c(c2)C(=O)N(C)[C@@H]2CC[C@@H](CC(=O)O)O[C@@H]2CO3)c1. The van der Waals surface area contributed by atoms with E-state index in [1.807, 2.05) is 25.1 Å². The maximum absolute atomic E-state index is 13.2. The minimum Gasteiger partial charge on any atom is -0.490 e. The molecule has 2 heterocycles. The van der Waals surface area contributed by atoms with Gasteiger partial charge >= 0.3 is 12.0 Å². The Morgan fingerprint density at radius 2 is 1.88 bits per heavy atom. The second-order valence-electron chi connectivity index (χ2n) is 8.43. The standard InChI is InChI=1S/C24H27N3O6/c1-14-4-3-5-15(10-14)25-24(31)26-16-6-9-20-18(11-16)23(30)27(2)19-8-7-17(12-22(28)29)33-21(19)13-32-20/h3-6,9-11,17,19,21H,7-8,12-13H2,1-2H3,(H,28,29)(H2,25,26,31)/t17-,19+,21+/m0/s1. The van der Waals surface area contributed by atoms with E-state index in [0.717, 1.165) is 5.56 Å². The van der Waals surface area contributed by atoms with Crippen LogP contribution in [0.5, 0.6) is 5.75 Å². The number of likely N-dealkylation sites (N-methyl/N-ethyl adjacent to an activating group) is 1. The van der Waals surface area contributed by atoms with E-state index in [1.165, 1.54) is 0 Å². The van der Waals surface area contributed by atoms with Crippen LogP contribution in [0.3, 0.4) is 0 Å². The van der Waals surface area contributed by atoms with Gasteiger partial charge < -0.3 is 30.1 Å². The maximum Gasteiger partial charge on any atom is 0.323 e. The van der Waals surface area contributed by atoms with Crippen molar-refractivity contribution in [3.8, 4) is 5.75 Å². The third-order valence-corrected chi connectivity index (χ3v) is 5.95. The van der Waals surface area contributed by atoms with E-state index in [1.54, 1.807) is 36.2 Å². The molecule has 3 atom stereocenters. The van der Waals surface area contributed by atoms with Crippen LogP contribution in [0.15, 0.2) is 42.5 Å². The number of carbonyl (C=O) groups is 3. The predicted octanol–water partition coefficient (Wildman–Crippen LogP) is 3.49. The van der Waals surface area contributed by atoms with Crippen LogP contribution in [0.4, 0.5) is 16.2 Å². The van der Waals surface area contributed by atoms with Crippen LogP contribution in [0.2, 0.25) is 0 Å². The summed E-state index contributed by atoms with van der Waals surface area (Å²) in [6, 6.07) is 11.7. The van der Waals surface area contributed by atoms with Crippen molar-refractivity contribution < 1.29 is 29.0 Å². The molecule has 0 saturated carbocycles. The average Bonchev–Trinajstić information content (AvgIpc) is 2.76. The van der Waals surface area contributed by atoms with Crippen molar-refractivity contribution in [1.82, 2.24) is 4.90 Å². The molecule has 0 radical (unpaired) electrons. The highest BCUT2D eigenvalue weighted by Gasteiger charge is 2.39. The number of hydrogen-bond acceptors (Lipinski definition) is 5. The Morgan fingerprint density at radius 1 is 1.12 bits per heavy atom. The molecule has 4 rings (SSSR count). The van der Waals surface area contributed by atoms with E-state index < -0.39 is 24.2 Å². The van der Waals surface area contributed by atoms with Gasteiger partial charge in [-0.2, -0.15) is 0 Å². The van der Waals surface area contributed by atoms with Gasteiger partial charge in [0.05, 0.1) is 24.1 Å². The van der Waals surface area contributed by atoms with Crippen molar-refractivity contribution >= 4 is 29.3 Å². The number of amides is 3. The minimum atomic E-state index is -0.911. The van der Waals surface area contributed by atoms with Gasteiger partial charge in [-0.15, -0.1) is 0 Å². The first-order valence-electron chi connectivity index (χ1n) is 10.9. The van der Waals surface area contributed by atoms with Gasteiger partial charge in [0.25, 0.3) is 5.91 Å². The number of carboxylic acid groups (broad SMARTS) is 1. The number of nitrogens with one attached hydrogen (secondary N) is 2. The summed E-state index contributed by atoms with van der Waals surface area (Å²) in [4.78, 5) is 38.3. The maximum atomic E-state index is 13.2. The van der Waals surface area contributed by atoms with Gasteiger partial charge in [0, 0.05) is 18.4 Å². The number of aliphatic carboxylic acids is 1. The lowest BCUT2D eigenvalue weighted by atomic mass is 9.94. The molecular formula is C24H27N3O6. The molecule has 9 nitrogen and oxygen atoms in total. The van der Waals surface area contributed by atoms with Gasteiger partial charge in [0.1, 0.15) is 18.5 Å². The summed E-state index contributed by atoms with van der Waals surface area (Å²) in [5.41, 5.74) is 2.50. The number of rotatable bonds is 4. The number of fused-ring (bicyclic) bond motifs is 2. The van der Waals surface area contributed by atoms with Crippen molar-refractivity contribution in [1.29, 1.82) is 0 Å². The van der Waals surface area contributed by atoms with Crippen molar-refractivity contribution in [2.24, 2.45) is 0 Å². The van der Waals surface area contributed by atoms with Crippen molar-refractivity contribution in [3.05, 3.63) is 53.6 Å². The first-order valence-corrected chi connectivity index (χ1v) is 10.9. The van der Waals surface area contributed by atoms with Gasteiger partial charge in [-0.3, -0.25) is 9.59 Å². The molecule has 0 unspecified atom stereocenters. The summed E-state index contributed by atoms with van der Waals surface area (Å²) in [6.07, 6.45) is 0.298. The molecule has 0 aliphatic carbocycles. The van der Waals surface area contributed by atoms with E-state index in [2.05, 4.69) is 10.6 Å². The molecule has 174 valence electrons. The fourth-order valence-corrected chi connectivity index (χ4v) is 4.32. The highest BCUT2D eigenvalue weighted by molar-refractivity contribution is 6.02. The molecule has 3 N–H and O–H groups in total. The molecule has 2 aromatic carbocycles. The second-order valence-corrected chi connectivity index (χ2v) is 8.43. The zero-order valence-corrected chi connectivity index (χ0v) is 18.5. The molecular weight excluding hydrogens is 426 g/mol. The van der Waals surface area contributed by atoms with E-state index in [-0.39, 0.29) is 25.0 Å². The number of urea groups is 1. The van der Waals surface area contributed by atoms with E-state index in [0.29, 0.717) is 35.5 Å². The number of hydrogen-bond donors (Lipinski definition) is 3. The number of nitrogens with zero attached hydrogens (tertiary/aromatic N) is 1. The molecule has 33 heavy (non-hydrogen) atoms. The highest BCUT2D eigenvalue weighted by atomic mass is 16.5. The minimum absolute atomic E-state index is 0.0723. The number of anilines is 2. The number of carbonyl (C=O) groups excluding carboxylic acids is 2. The highest BCUT2D eigenvalue weighted by Crippen LogP contribution is 2.32. The van der Waals surface area contributed by atoms with Crippen LogP contribution in [-0.2, 0) is 9.53 Å². The van der Waals surface area contributed by atoms with Gasteiger partial charge in [-0.05, 0) is 55.7 Å². The molecule has 0 aromatic heterocycles. The Hall–Kier alpha value is -3.59. The van der Waals surface area contributed by atoms with Crippen LogP contribution in [-0.4, -0.2) is 59.8 Å². The topological polar surface area (TPSA) is 117 Å². The second kappa shape index (κ2) is 9.50. The average molecular weight is 453 g/mol. The summed E-state index contributed by atoms with van der Waals surface area (Å²) in [7, 11) is 1.71. The quantitative estimate of drug-likeness (QED) is 0.652. The molecule has 2 aromatic rings. The van der Waals surface area contributed by atoms with Crippen molar-refractivity contribution in [2.75, 3.05) is 24.3 Å². The first-order chi connectivity index (χ1) is 15.8. The lowest BCUT2D eigenvalue weighted by Gasteiger charge is -2.42. The Balaban J connectivity index is 1.48. The van der Waals surface area contributed by atoms with Crippen LogP contribution < -0.4 is 15.4 Å². The van der Waals surface area contributed by atoms with Crippen LogP contribution in [0.25, 0.3) is 0 Å². The number of aryl methyl sites for hydroxylation is 1. The number of ether oxygens (including phenoxy) is 2. The molecule has 2 aliphatic rings. The van der Waals surface area contributed by atoms with Gasteiger partial charge in [0.15, 0.2) is 0 Å². The smallest absolute Gasteiger partial charge is 0.323 e. The predicted molar refractivity (Wildman–Crippen MR) is 122 cm³/mol. The van der Waals surface area contributed by atoms with Crippen LogP contribution in [0, 0.1) is 6.92 Å². The summed E-state index contributed by atoms with van der Waals surface area (Å²) in [6.45, 7) is 2.14. The third-order valence-electron chi connectivity index (χ3n) is 5.95. The molecule has 3 amide bonds. The zero-order chi connectivity index (χ0) is 23.5. The van der Waals surface area contributed by atoms with Gasteiger partial charge in [-0.25, -0.2) is 4.79 Å². The fourth-order valence-electron chi connectivity index (χ4n) is 4.32. The third kappa shape index (κ3) is 5.25. The van der Waals surface area contributed by atoms with Crippen molar-refractivity contribution in [2.45, 2.75) is 44.4 Å². The normalized spacial score (nSPS) is 22.2. The Bertz CT molecular complexity index is 1070. The summed E-state index contributed by atoms with van der Waals surface area (Å²) in [5, 5.41) is 14.6. The van der Waals surface area contributed by atoms with E-state index >= 15 is 0 Å². The largest absolute Gasteiger partial charge is 0.490 e. The Labute approximate surface area is 191 Å². The zero-order valence-electron chi connectivity index (χ0n) is 18.5. The van der Waals surface area contributed by atoms with Gasteiger partial charge in [-0.1, -0.05) is 12.1 Å². The lowest BCUT2D eigenvalue weighted by molar-refractivity contribution is -0.148. The summed E-state index contributed by atoms with van der Waals surface area (Å²) in [5.74, 6) is -0.770. The number of benzene rings is 2. The summed E-state index contributed by atoms with van der Waals surface area (Å²) < 4.78 is 11.8. The van der Waals surface area contributed by atoms with Crippen molar-refractivity contribution in [3.63, 3.8) is 0 Å². The van der Waals surface area contributed by atoms with Gasteiger partial charge in [0.2, 0.25) is 0 Å². The molecule has 1 fully saturated rings. The summed E-state index contributed by atoms with van der Waals surface area (Å²) >= 11 is 0. The molecule has 0 spiro atoms. The van der Waals surface area contributed by atoms with E-state index in [9.17, 15) is 14.4 Å².